The van der Waals surface area contributed by atoms with E-state index in [9.17, 15) is 9.59 Å². The first kappa shape index (κ1) is 17.2. The molecule has 1 aliphatic rings. The Labute approximate surface area is 137 Å². The second-order valence-corrected chi connectivity index (χ2v) is 5.71. The fraction of sp³-hybridized carbons (Fsp3) is 0.444. The quantitative estimate of drug-likeness (QED) is 0.723. The molecule has 1 amide bonds. The lowest BCUT2D eigenvalue weighted by Crippen LogP contribution is -2.48. The van der Waals surface area contributed by atoms with Crippen LogP contribution in [0, 0.1) is 5.92 Å². The molecule has 2 rings (SSSR count). The summed E-state index contributed by atoms with van der Waals surface area (Å²) in [5, 5.41) is 5.91. The van der Waals surface area contributed by atoms with Gasteiger partial charge in [0.25, 0.3) is 0 Å². The van der Waals surface area contributed by atoms with Crippen LogP contribution in [0.15, 0.2) is 36.4 Å². The first-order chi connectivity index (χ1) is 11.1. The molecule has 1 heterocycles. The van der Waals surface area contributed by atoms with Gasteiger partial charge in [0.05, 0.1) is 13.2 Å². The molecule has 1 fully saturated rings. The number of carbonyl (C=O) groups is 2. The number of ketones is 1. The first-order valence-corrected chi connectivity index (χ1v) is 8.01. The first-order valence-electron chi connectivity index (χ1n) is 8.01. The van der Waals surface area contributed by atoms with E-state index in [-0.39, 0.29) is 23.7 Å². The van der Waals surface area contributed by atoms with E-state index in [1.165, 1.54) is 6.08 Å². The zero-order valence-corrected chi connectivity index (χ0v) is 13.7. The van der Waals surface area contributed by atoms with Crippen molar-refractivity contribution in [3.63, 3.8) is 0 Å². The maximum absolute atomic E-state index is 12.0. The lowest BCUT2D eigenvalue weighted by Gasteiger charge is -2.27. The number of hydrogen-bond donors (Lipinski definition) is 2. The van der Waals surface area contributed by atoms with Crippen LogP contribution in [0.5, 0.6) is 5.75 Å². The molecular weight excluding hydrogens is 292 g/mol. The molecule has 0 spiro atoms. The van der Waals surface area contributed by atoms with Gasteiger partial charge in [-0.15, -0.1) is 0 Å². The number of ether oxygens (including phenoxy) is 1. The SMILES string of the molecule is CC[C@@H](/C=C/C(=O)Nc1ccc(OC)cc1)CC(=O)[C@@H]1CCN1. The highest BCUT2D eigenvalue weighted by atomic mass is 16.5. The Morgan fingerprint density at radius 1 is 1.39 bits per heavy atom. The molecule has 1 aromatic rings. The standard InChI is InChI=1S/C18H24N2O3/c1-3-13(12-17(21)16-10-11-19-16)4-9-18(22)20-14-5-7-15(23-2)8-6-14/h4-9,13,16,19H,3,10-12H2,1-2H3,(H,20,22)/b9-4+/t13-,16-/m0/s1. The van der Waals surface area contributed by atoms with Crippen molar-refractivity contribution in [1.82, 2.24) is 5.32 Å². The molecular formula is C18H24N2O3. The summed E-state index contributed by atoms with van der Waals surface area (Å²) < 4.78 is 5.07. The lowest BCUT2D eigenvalue weighted by molar-refractivity contribution is -0.123. The average Bonchev–Trinajstić information content (AvgIpc) is 2.50. The van der Waals surface area contributed by atoms with Crippen LogP contribution in [-0.4, -0.2) is 31.4 Å². The van der Waals surface area contributed by atoms with Gasteiger partial charge < -0.3 is 15.4 Å². The van der Waals surface area contributed by atoms with E-state index in [0.717, 1.165) is 25.1 Å². The van der Waals surface area contributed by atoms with E-state index >= 15 is 0 Å². The zero-order valence-electron chi connectivity index (χ0n) is 13.7. The highest BCUT2D eigenvalue weighted by Crippen LogP contribution is 2.17. The third kappa shape index (κ3) is 5.21. The minimum Gasteiger partial charge on any atom is -0.497 e. The molecule has 0 aromatic heterocycles. The van der Waals surface area contributed by atoms with Crippen molar-refractivity contribution in [2.75, 3.05) is 19.0 Å². The number of hydrogen-bond acceptors (Lipinski definition) is 4. The van der Waals surface area contributed by atoms with Crippen molar-refractivity contribution < 1.29 is 14.3 Å². The van der Waals surface area contributed by atoms with Crippen molar-refractivity contribution >= 4 is 17.4 Å². The predicted molar refractivity (Wildman–Crippen MR) is 90.6 cm³/mol. The molecule has 1 saturated heterocycles. The van der Waals surface area contributed by atoms with Crippen molar-refractivity contribution in [3.05, 3.63) is 36.4 Å². The van der Waals surface area contributed by atoms with E-state index in [1.807, 2.05) is 13.0 Å². The summed E-state index contributed by atoms with van der Waals surface area (Å²) in [6.45, 7) is 2.95. The highest BCUT2D eigenvalue weighted by Gasteiger charge is 2.25. The monoisotopic (exact) mass is 316 g/mol. The van der Waals surface area contributed by atoms with Crippen molar-refractivity contribution in [1.29, 1.82) is 0 Å². The van der Waals surface area contributed by atoms with Crippen LogP contribution in [0.4, 0.5) is 5.69 Å². The minimum absolute atomic E-state index is 0.0191. The molecule has 0 saturated carbocycles. The fourth-order valence-electron chi connectivity index (χ4n) is 2.39. The van der Waals surface area contributed by atoms with E-state index in [2.05, 4.69) is 10.6 Å². The van der Waals surface area contributed by atoms with E-state index < -0.39 is 0 Å². The third-order valence-electron chi connectivity index (χ3n) is 4.08. The third-order valence-corrected chi connectivity index (χ3v) is 4.08. The molecule has 1 aromatic carbocycles. The molecule has 5 nitrogen and oxygen atoms in total. The number of benzene rings is 1. The fourth-order valence-corrected chi connectivity index (χ4v) is 2.39. The Bertz CT molecular complexity index is 562. The van der Waals surface area contributed by atoms with Gasteiger partial charge in [0, 0.05) is 12.1 Å². The van der Waals surface area contributed by atoms with Gasteiger partial charge in [0.1, 0.15) is 11.5 Å². The van der Waals surface area contributed by atoms with Gasteiger partial charge in [0.2, 0.25) is 5.91 Å². The molecule has 5 heteroatoms. The van der Waals surface area contributed by atoms with Crippen molar-refractivity contribution in [2.45, 2.75) is 32.2 Å². The summed E-state index contributed by atoms with van der Waals surface area (Å²) in [4.78, 5) is 23.9. The van der Waals surface area contributed by atoms with Crippen LogP contribution in [0.3, 0.4) is 0 Å². The largest absolute Gasteiger partial charge is 0.497 e. The predicted octanol–water partition coefficient (Wildman–Crippen LogP) is 2.54. The van der Waals surface area contributed by atoms with Gasteiger partial charge in [0.15, 0.2) is 0 Å². The van der Waals surface area contributed by atoms with E-state index in [4.69, 9.17) is 4.74 Å². The van der Waals surface area contributed by atoms with Gasteiger partial charge >= 0.3 is 0 Å². The number of allylic oxidation sites excluding steroid dienone is 1. The van der Waals surface area contributed by atoms with Crippen LogP contribution >= 0.6 is 0 Å². The number of methoxy groups -OCH3 is 1. The molecule has 2 atom stereocenters. The van der Waals surface area contributed by atoms with E-state index in [1.54, 1.807) is 31.4 Å². The summed E-state index contributed by atoms with van der Waals surface area (Å²) >= 11 is 0. The van der Waals surface area contributed by atoms with Crippen molar-refractivity contribution in [3.8, 4) is 5.75 Å². The lowest BCUT2D eigenvalue weighted by atomic mass is 9.92. The van der Waals surface area contributed by atoms with Gasteiger partial charge in [-0.2, -0.15) is 0 Å². The highest BCUT2D eigenvalue weighted by molar-refractivity contribution is 5.99. The summed E-state index contributed by atoms with van der Waals surface area (Å²) in [5.74, 6) is 0.894. The summed E-state index contributed by atoms with van der Waals surface area (Å²) in [7, 11) is 1.60. The Hall–Kier alpha value is -2.14. The number of rotatable bonds is 8. The van der Waals surface area contributed by atoms with Crippen LogP contribution in [0.25, 0.3) is 0 Å². The molecule has 0 aliphatic carbocycles. The smallest absolute Gasteiger partial charge is 0.248 e. The van der Waals surface area contributed by atoms with Crippen LogP contribution in [0.2, 0.25) is 0 Å². The van der Waals surface area contributed by atoms with Gasteiger partial charge in [-0.1, -0.05) is 13.0 Å². The molecule has 1 aliphatic heterocycles. The maximum atomic E-state index is 12.0. The van der Waals surface area contributed by atoms with Gasteiger partial charge in [-0.25, -0.2) is 0 Å². The van der Waals surface area contributed by atoms with Crippen molar-refractivity contribution in [2.24, 2.45) is 5.92 Å². The van der Waals surface area contributed by atoms with Crippen LogP contribution in [0.1, 0.15) is 26.2 Å². The summed E-state index contributed by atoms with van der Waals surface area (Å²) in [6, 6.07) is 7.17. The van der Waals surface area contributed by atoms with E-state index in [0.29, 0.717) is 12.1 Å². The Balaban J connectivity index is 1.83. The number of carbonyl (C=O) groups excluding carboxylic acids is 2. The van der Waals surface area contributed by atoms with Gasteiger partial charge in [-0.05, 0) is 55.6 Å². The minimum atomic E-state index is -0.192. The topological polar surface area (TPSA) is 67.4 Å². The number of anilines is 1. The average molecular weight is 316 g/mol. The van der Waals surface area contributed by atoms with Gasteiger partial charge in [-0.3, -0.25) is 9.59 Å². The Kier molecular flexibility index (Phi) is 6.35. The molecule has 0 unspecified atom stereocenters. The second-order valence-electron chi connectivity index (χ2n) is 5.71. The molecule has 23 heavy (non-hydrogen) atoms. The normalized spacial score (nSPS) is 18.3. The Morgan fingerprint density at radius 2 is 2.09 bits per heavy atom. The molecule has 124 valence electrons. The maximum Gasteiger partial charge on any atom is 0.248 e. The zero-order chi connectivity index (χ0) is 16.7. The molecule has 0 bridgehead atoms. The summed E-state index contributed by atoms with van der Waals surface area (Å²) in [6.07, 6.45) is 5.59. The van der Waals surface area contributed by atoms with Crippen LogP contribution < -0.4 is 15.4 Å². The molecule has 0 radical (unpaired) electrons. The Morgan fingerprint density at radius 3 is 2.61 bits per heavy atom. The summed E-state index contributed by atoms with van der Waals surface area (Å²) in [5.41, 5.74) is 0.711. The number of amides is 1. The molecule has 2 N–H and O–H groups in total. The number of nitrogens with one attached hydrogen (secondary N) is 2. The number of Topliss-reactive ketones (excluding diaryl/α,β-unsaturated/α-hetero) is 1. The second kappa shape index (κ2) is 8.48. The van der Waals surface area contributed by atoms with Crippen LogP contribution in [-0.2, 0) is 9.59 Å².